The lowest BCUT2D eigenvalue weighted by Gasteiger charge is -2.11. The normalized spacial score (nSPS) is 15.4. The quantitative estimate of drug-likeness (QED) is 0.641. The molecule has 25 heavy (non-hydrogen) atoms. The number of pyridine rings is 1. The van der Waals surface area contributed by atoms with Crippen molar-refractivity contribution in [3.8, 4) is 5.88 Å². The Morgan fingerprint density at radius 1 is 1.24 bits per heavy atom. The molecule has 2 aromatic rings. The van der Waals surface area contributed by atoms with Gasteiger partial charge in [0, 0.05) is 18.3 Å². The first kappa shape index (κ1) is 17.1. The molecule has 3 N–H and O–H groups in total. The van der Waals surface area contributed by atoms with Gasteiger partial charge < -0.3 is 15.8 Å². The van der Waals surface area contributed by atoms with E-state index in [0.29, 0.717) is 5.88 Å². The van der Waals surface area contributed by atoms with Gasteiger partial charge in [-0.3, -0.25) is 0 Å². The minimum Gasteiger partial charge on any atom is -0.474 e. The van der Waals surface area contributed by atoms with Crippen LogP contribution in [0.25, 0.3) is 0 Å². The van der Waals surface area contributed by atoms with Crippen LogP contribution in [0.4, 0.5) is 14.5 Å². The number of hydrogen-bond donors (Lipinski definition) is 2. The summed E-state index contributed by atoms with van der Waals surface area (Å²) in [5, 5.41) is 2.55. The van der Waals surface area contributed by atoms with E-state index >= 15 is 0 Å². The van der Waals surface area contributed by atoms with Gasteiger partial charge >= 0.3 is 0 Å². The first-order chi connectivity index (χ1) is 12.1. The van der Waals surface area contributed by atoms with Gasteiger partial charge in [0.1, 0.15) is 17.7 Å². The van der Waals surface area contributed by atoms with Crippen LogP contribution in [0.15, 0.2) is 41.5 Å². The van der Waals surface area contributed by atoms with Crippen LogP contribution in [-0.4, -0.2) is 17.0 Å². The number of halogens is 2. The topological polar surface area (TPSA) is 72.5 Å². The van der Waals surface area contributed by atoms with E-state index in [1.807, 2.05) is 6.07 Å². The van der Waals surface area contributed by atoms with Crippen LogP contribution in [-0.2, 0) is 6.54 Å². The zero-order chi connectivity index (χ0) is 17.6. The number of aliphatic imine (C=N–C) groups is 1. The van der Waals surface area contributed by atoms with Gasteiger partial charge in [-0.25, -0.2) is 18.8 Å². The molecule has 1 aromatic carbocycles. The highest BCUT2D eigenvalue weighted by Crippen LogP contribution is 2.23. The van der Waals surface area contributed by atoms with Crippen molar-refractivity contribution in [2.24, 2.45) is 10.7 Å². The number of aromatic nitrogens is 1. The monoisotopic (exact) mass is 346 g/mol. The SMILES string of the molecule is NC(=NCc1ccc(OC2CCCC2)nc1)Nc1cc(F)ccc1F. The fraction of sp³-hybridized carbons (Fsp3) is 0.333. The van der Waals surface area contributed by atoms with Crippen molar-refractivity contribution < 1.29 is 13.5 Å². The zero-order valence-electron chi connectivity index (χ0n) is 13.7. The third-order valence-electron chi connectivity index (χ3n) is 4.01. The summed E-state index contributed by atoms with van der Waals surface area (Å²) in [6.07, 6.45) is 6.49. The van der Waals surface area contributed by atoms with E-state index in [2.05, 4.69) is 15.3 Å². The maximum Gasteiger partial charge on any atom is 0.213 e. The fourth-order valence-electron chi connectivity index (χ4n) is 2.70. The molecule has 5 nitrogen and oxygen atoms in total. The number of anilines is 1. The van der Waals surface area contributed by atoms with Crippen LogP contribution in [0.1, 0.15) is 31.2 Å². The second-order valence-electron chi connectivity index (χ2n) is 5.98. The molecular formula is C18H20F2N4O. The Balaban J connectivity index is 1.56. The molecule has 0 atom stereocenters. The Hall–Kier alpha value is -2.70. The van der Waals surface area contributed by atoms with Crippen LogP contribution in [0.2, 0.25) is 0 Å². The van der Waals surface area contributed by atoms with Crippen molar-refractivity contribution >= 4 is 11.6 Å². The van der Waals surface area contributed by atoms with Gasteiger partial charge in [0.05, 0.1) is 12.2 Å². The molecule has 1 fully saturated rings. The number of hydrogen-bond acceptors (Lipinski definition) is 3. The molecule has 0 saturated heterocycles. The molecule has 3 rings (SSSR count). The van der Waals surface area contributed by atoms with Crippen LogP contribution >= 0.6 is 0 Å². The van der Waals surface area contributed by atoms with Crippen LogP contribution in [0, 0.1) is 11.6 Å². The molecule has 0 aliphatic heterocycles. The molecule has 0 unspecified atom stereocenters. The summed E-state index contributed by atoms with van der Waals surface area (Å²) in [4.78, 5) is 8.37. The molecule has 0 amide bonds. The molecule has 1 aromatic heterocycles. The summed E-state index contributed by atoms with van der Waals surface area (Å²) < 4.78 is 32.5. The Bertz CT molecular complexity index is 743. The van der Waals surface area contributed by atoms with E-state index in [1.54, 1.807) is 12.3 Å². The van der Waals surface area contributed by atoms with E-state index in [9.17, 15) is 8.78 Å². The number of rotatable bonds is 5. The molecule has 132 valence electrons. The Kier molecular flexibility index (Phi) is 5.42. The van der Waals surface area contributed by atoms with Crippen LogP contribution in [0.5, 0.6) is 5.88 Å². The lowest BCUT2D eigenvalue weighted by molar-refractivity contribution is 0.201. The summed E-state index contributed by atoms with van der Waals surface area (Å²) in [6, 6.07) is 6.75. The summed E-state index contributed by atoms with van der Waals surface area (Å²) in [5.41, 5.74) is 6.50. The molecule has 1 aliphatic carbocycles. The highest BCUT2D eigenvalue weighted by molar-refractivity contribution is 5.92. The van der Waals surface area contributed by atoms with Gasteiger partial charge in [0.25, 0.3) is 0 Å². The summed E-state index contributed by atoms with van der Waals surface area (Å²) in [5.74, 6) is -0.559. The Morgan fingerprint density at radius 3 is 2.76 bits per heavy atom. The highest BCUT2D eigenvalue weighted by atomic mass is 19.1. The Labute approximate surface area is 144 Å². The fourth-order valence-corrected chi connectivity index (χ4v) is 2.70. The second-order valence-corrected chi connectivity index (χ2v) is 5.98. The standard InChI is InChI=1S/C18H20F2N4O/c19-13-6-7-15(20)16(9-13)24-18(21)23-11-12-5-8-17(22-10-12)25-14-3-1-2-4-14/h5-10,14H,1-4,11H2,(H3,21,23,24). The van der Waals surface area contributed by atoms with E-state index in [1.165, 1.54) is 12.8 Å². The van der Waals surface area contributed by atoms with Crippen LogP contribution in [0.3, 0.4) is 0 Å². The van der Waals surface area contributed by atoms with Gasteiger partial charge in [-0.1, -0.05) is 6.07 Å². The number of nitrogens with two attached hydrogens (primary N) is 1. The van der Waals surface area contributed by atoms with Crippen molar-refractivity contribution in [1.29, 1.82) is 0 Å². The Morgan fingerprint density at radius 2 is 2.04 bits per heavy atom. The third-order valence-corrected chi connectivity index (χ3v) is 4.01. The smallest absolute Gasteiger partial charge is 0.213 e. The lowest BCUT2D eigenvalue weighted by Crippen LogP contribution is -2.23. The van der Waals surface area contributed by atoms with Crippen LogP contribution < -0.4 is 15.8 Å². The molecule has 0 bridgehead atoms. The van der Waals surface area contributed by atoms with Crippen molar-refractivity contribution in [3.63, 3.8) is 0 Å². The number of ether oxygens (including phenoxy) is 1. The minimum atomic E-state index is -0.602. The van der Waals surface area contributed by atoms with Crippen molar-refractivity contribution in [1.82, 2.24) is 4.98 Å². The molecule has 1 aliphatic rings. The summed E-state index contributed by atoms with van der Waals surface area (Å²) in [6.45, 7) is 0.270. The largest absolute Gasteiger partial charge is 0.474 e. The third kappa shape index (κ3) is 4.89. The lowest BCUT2D eigenvalue weighted by atomic mass is 10.3. The summed E-state index contributed by atoms with van der Waals surface area (Å²) >= 11 is 0. The highest BCUT2D eigenvalue weighted by Gasteiger charge is 2.16. The van der Waals surface area contributed by atoms with Crippen molar-refractivity contribution in [2.75, 3.05) is 5.32 Å². The molecule has 0 spiro atoms. The van der Waals surface area contributed by atoms with E-state index < -0.39 is 11.6 Å². The van der Waals surface area contributed by atoms with E-state index in [0.717, 1.165) is 36.6 Å². The molecule has 0 radical (unpaired) electrons. The minimum absolute atomic E-state index is 0.00391. The first-order valence-corrected chi connectivity index (χ1v) is 8.24. The second kappa shape index (κ2) is 7.92. The molecule has 1 heterocycles. The predicted molar refractivity (Wildman–Crippen MR) is 92.4 cm³/mol. The molecule has 1 saturated carbocycles. The van der Waals surface area contributed by atoms with E-state index in [4.69, 9.17) is 10.5 Å². The van der Waals surface area contributed by atoms with Gasteiger partial charge in [0.15, 0.2) is 5.96 Å². The average Bonchev–Trinajstić information content (AvgIpc) is 3.10. The van der Waals surface area contributed by atoms with Gasteiger partial charge in [0.2, 0.25) is 5.88 Å². The van der Waals surface area contributed by atoms with Gasteiger partial charge in [-0.2, -0.15) is 0 Å². The number of nitrogens with zero attached hydrogens (tertiary/aromatic N) is 2. The molecular weight excluding hydrogens is 326 g/mol. The maximum absolute atomic E-state index is 13.5. The average molecular weight is 346 g/mol. The number of benzene rings is 1. The first-order valence-electron chi connectivity index (χ1n) is 8.24. The van der Waals surface area contributed by atoms with Crippen molar-refractivity contribution in [2.45, 2.75) is 38.3 Å². The molecule has 7 heteroatoms. The predicted octanol–water partition coefficient (Wildman–Crippen LogP) is 3.61. The van der Waals surface area contributed by atoms with Crippen molar-refractivity contribution in [3.05, 3.63) is 53.7 Å². The van der Waals surface area contributed by atoms with E-state index in [-0.39, 0.29) is 24.3 Å². The summed E-state index contributed by atoms with van der Waals surface area (Å²) in [7, 11) is 0. The van der Waals surface area contributed by atoms with Gasteiger partial charge in [-0.05, 0) is 43.4 Å². The zero-order valence-corrected chi connectivity index (χ0v) is 13.7. The maximum atomic E-state index is 13.5. The van der Waals surface area contributed by atoms with Gasteiger partial charge in [-0.15, -0.1) is 0 Å². The number of guanidine groups is 1. The number of nitrogens with one attached hydrogen (secondary N) is 1.